The van der Waals surface area contributed by atoms with Crippen LogP contribution in [0.15, 0.2) is 16.8 Å². The molecule has 0 bridgehead atoms. The maximum absolute atomic E-state index is 8.58. The Kier molecular flexibility index (Phi) is 2.03. The summed E-state index contributed by atoms with van der Waals surface area (Å²) in [5, 5.41) is 11.8. The highest BCUT2D eigenvalue weighted by Gasteiger charge is 2.24. The Morgan fingerprint density at radius 1 is 1.45 bits per heavy atom. The van der Waals surface area contributed by atoms with Crippen LogP contribution in [0.2, 0.25) is 0 Å². The molecule has 1 aliphatic rings. The minimum absolute atomic E-state index is 0.264. The highest BCUT2D eigenvalue weighted by Crippen LogP contribution is 2.33. The van der Waals surface area contributed by atoms with E-state index in [2.05, 4.69) is 25.9 Å². The Morgan fingerprint density at radius 2 is 2.09 bits per heavy atom. The lowest BCUT2D eigenvalue weighted by Crippen LogP contribution is -2.21. The summed E-state index contributed by atoms with van der Waals surface area (Å²) in [5.41, 5.74) is 2.37. The van der Waals surface area contributed by atoms with Gasteiger partial charge in [0.2, 0.25) is 0 Å². The normalized spacial score (nSPS) is 26.8. The fourth-order valence-electron chi connectivity index (χ4n) is 1.76. The molecule has 0 heterocycles. The lowest BCUT2D eigenvalue weighted by atomic mass is 9.77. The summed E-state index contributed by atoms with van der Waals surface area (Å²) < 4.78 is 0. The number of hydrogen-bond donors (Lipinski definition) is 1. The smallest absolute Gasteiger partial charge is 0.0800 e. The van der Waals surface area contributed by atoms with Crippen LogP contribution in [0.1, 0.15) is 33.6 Å². The monoisotopic (exact) mass is 153 g/mol. The predicted octanol–water partition coefficient (Wildman–Crippen LogP) is 2.58. The van der Waals surface area contributed by atoms with Crippen molar-refractivity contribution in [2.75, 3.05) is 0 Å². The van der Waals surface area contributed by atoms with Crippen LogP contribution in [0.25, 0.3) is 0 Å². The third kappa shape index (κ3) is 2.07. The van der Waals surface area contributed by atoms with Gasteiger partial charge in [-0.3, -0.25) is 0 Å². The summed E-state index contributed by atoms with van der Waals surface area (Å²) in [4.78, 5) is 0. The van der Waals surface area contributed by atoms with Crippen molar-refractivity contribution in [1.82, 2.24) is 0 Å². The van der Waals surface area contributed by atoms with Gasteiger partial charge in [0.25, 0.3) is 0 Å². The summed E-state index contributed by atoms with van der Waals surface area (Å²) in [6, 6.07) is 0. The molecule has 0 radical (unpaired) electrons. The number of oxime groups is 1. The summed E-state index contributed by atoms with van der Waals surface area (Å²) in [6.45, 7) is 6.45. The van der Waals surface area contributed by atoms with Crippen LogP contribution >= 0.6 is 0 Å². The van der Waals surface area contributed by atoms with Crippen molar-refractivity contribution in [2.24, 2.45) is 10.6 Å². The molecule has 2 nitrogen and oxygen atoms in total. The molecule has 0 aliphatic heterocycles. The lowest BCUT2D eigenvalue weighted by Gasteiger charge is -2.28. The Hall–Kier alpha value is -0.790. The minimum Gasteiger partial charge on any atom is -0.411 e. The van der Waals surface area contributed by atoms with E-state index in [1.54, 1.807) is 0 Å². The van der Waals surface area contributed by atoms with Crippen LogP contribution in [-0.4, -0.2) is 10.9 Å². The van der Waals surface area contributed by atoms with Crippen molar-refractivity contribution >= 4 is 5.71 Å². The maximum Gasteiger partial charge on any atom is 0.0800 e. The van der Waals surface area contributed by atoms with E-state index in [1.807, 2.05) is 6.08 Å². The first-order valence-corrected chi connectivity index (χ1v) is 3.92. The molecular formula is C9H15NO. The van der Waals surface area contributed by atoms with Gasteiger partial charge in [-0.25, -0.2) is 0 Å². The van der Waals surface area contributed by atoms with Gasteiger partial charge < -0.3 is 5.21 Å². The van der Waals surface area contributed by atoms with Gasteiger partial charge in [-0.15, -0.1) is 0 Å². The van der Waals surface area contributed by atoms with Gasteiger partial charge in [0.1, 0.15) is 0 Å². The van der Waals surface area contributed by atoms with E-state index in [0.29, 0.717) is 0 Å². The fourth-order valence-corrected chi connectivity index (χ4v) is 1.76. The molecule has 0 aromatic heterocycles. The van der Waals surface area contributed by atoms with E-state index in [9.17, 15) is 0 Å². The standard InChI is InChI=1S/C9H15NO/c1-7-4-8(10-11)6-9(2,3)5-7/h4,11H,5-6H2,1-3H3. The Labute approximate surface area is 67.6 Å². The second-order valence-corrected chi connectivity index (χ2v) is 4.10. The van der Waals surface area contributed by atoms with Gasteiger partial charge in [0, 0.05) is 0 Å². The molecule has 0 spiro atoms. The Morgan fingerprint density at radius 3 is 2.55 bits per heavy atom. The van der Waals surface area contributed by atoms with Crippen LogP contribution in [0.5, 0.6) is 0 Å². The van der Waals surface area contributed by atoms with E-state index in [4.69, 9.17) is 5.21 Å². The topological polar surface area (TPSA) is 32.6 Å². The lowest BCUT2D eigenvalue weighted by molar-refractivity contribution is 0.307. The van der Waals surface area contributed by atoms with E-state index < -0.39 is 0 Å². The zero-order valence-corrected chi connectivity index (χ0v) is 7.39. The summed E-state index contributed by atoms with van der Waals surface area (Å²) in [5.74, 6) is 0. The zero-order chi connectivity index (χ0) is 8.48. The van der Waals surface area contributed by atoms with Crippen molar-refractivity contribution in [3.8, 4) is 0 Å². The van der Waals surface area contributed by atoms with Crippen LogP contribution in [0, 0.1) is 5.41 Å². The SMILES string of the molecule is CC1=CC(=NO)CC(C)(C)C1. The first-order chi connectivity index (χ1) is 5.03. The van der Waals surface area contributed by atoms with Crippen LogP contribution in [-0.2, 0) is 0 Å². The molecule has 62 valence electrons. The zero-order valence-electron chi connectivity index (χ0n) is 7.39. The first-order valence-electron chi connectivity index (χ1n) is 3.92. The van der Waals surface area contributed by atoms with Gasteiger partial charge in [-0.1, -0.05) is 24.6 Å². The highest BCUT2D eigenvalue weighted by atomic mass is 16.4. The van der Waals surface area contributed by atoms with Crippen LogP contribution in [0.3, 0.4) is 0 Å². The number of hydrogen-bond acceptors (Lipinski definition) is 2. The average molecular weight is 153 g/mol. The molecule has 2 heteroatoms. The molecule has 0 fully saturated rings. The molecule has 0 aromatic rings. The quantitative estimate of drug-likeness (QED) is 0.421. The maximum atomic E-state index is 8.58. The molecule has 0 saturated carbocycles. The van der Waals surface area contributed by atoms with E-state index in [-0.39, 0.29) is 5.41 Å². The van der Waals surface area contributed by atoms with Gasteiger partial charge in [0.15, 0.2) is 0 Å². The van der Waals surface area contributed by atoms with E-state index in [1.165, 1.54) is 5.57 Å². The third-order valence-corrected chi connectivity index (χ3v) is 1.96. The number of nitrogens with zero attached hydrogens (tertiary/aromatic N) is 1. The molecule has 1 N–H and O–H groups in total. The van der Waals surface area contributed by atoms with Crippen molar-refractivity contribution < 1.29 is 5.21 Å². The van der Waals surface area contributed by atoms with Crippen LogP contribution < -0.4 is 0 Å². The minimum atomic E-state index is 0.264. The molecule has 0 amide bonds. The first kappa shape index (κ1) is 8.31. The molecule has 0 unspecified atom stereocenters. The van der Waals surface area contributed by atoms with E-state index >= 15 is 0 Å². The summed E-state index contributed by atoms with van der Waals surface area (Å²) in [7, 11) is 0. The Balaban J connectivity index is 2.86. The van der Waals surface area contributed by atoms with Gasteiger partial charge in [-0.05, 0) is 31.3 Å². The van der Waals surface area contributed by atoms with Crippen LogP contribution in [0.4, 0.5) is 0 Å². The number of allylic oxidation sites excluding steroid dienone is 2. The largest absolute Gasteiger partial charge is 0.411 e. The van der Waals surface area contributed by atoms with Crippen molar-refractivity contribution in [2.45, 2.75) is 33.6 Å². The van der Waals surface area contributed by atoms with E-state index in [0.717, 1.165) is 18.6 Å². The number of rotatable bonds is 0. The van der Waals surface area contributed by atoms with Gasteiger partial charge in [0.05, 0.1) is 5.71 Å². The van der Waals surface area contributed by atoms with Crippen molar-refractivity contribution in [3.63, 3.8) is 0 Å². The molecule has 0 atom stereocenters. The molecular weight excluding hydrogens is 138 g/mol. The van der Waals surface area contributed by atoms with Crippen molar-refractivity contribution in [1.29, 1.82) is 0 Å². The Bertz CT molecular complexity index is 214. The van der Waals surface area contributed by atoms with Gasteiger partial charge >= 0.3 is 0 Å². The molecule has 11 heavy (non-hydrogen) atoms. The van der Waals surface area contributed by atoms with Crippen molar-refractivity contribution in [3.05, 3.63) is 11.6 Å². The summed E-state index contributed by atoms with van der Waals surface area (Å²) in [6.07, 6.45) is 3.94. The molecule has 0 saturated heterocycles. The third-order valence-electron chi connectivity index (χ3n) is 1.96. The van der Waals surface area contributed by atoms with Gasteiger partial charge in [-0.2, -0.15) is 0 Å². The second kappa shape index (κ2) is 2.68. The summed E-state index contributed by atoms with van der Waals surface area (Å²) >= 11 is 0. The highest BCUT2D eigenvalue weighted by molar-refractivity contribution is 5.96. The molecule has 1 aliphatic carbocycles. The fraction of sp³-hybridized carbons (Fsp3) is 0.667. The molecule has 0 aromatic carbocycles. The second-order valence-electron chi connectivity index (χ2n) is 4.10. The predicted molar refractivity (Wildman–Crippen MR) is 46.0 cm³/mol. The average Bonchev–Trinajstić information content (AvgIpc) is 1.83. The molecule has 1 rings (SSSR count).